The SMILES string of the molecule is CCC1CCCCCN1c1ncc(F)cc1CNC1CC1. The minimum atomic E-state index is -0.228. The van der Waals surface area contributed by atoms with E-state index >= 15 is 0 Å². The standard InChI is InChI=1S/C17H26FN3/c1-2-16-6-4-3-5-9-21(16)17-13(10-14(18)12-20-17)11-19-15-7-8-15/h10,12,15-16,19H,2-9,11H2,1H3. The van der Waals surface area contributed by atoms with Crippen molar-refractivity contribution < 1.29 is 4.39 Å². The van der Waals surface area contributed by atoms with Crippen molar-refractivity contribution in [3.63, 3.8) is 0 Å². The van der Waals surface area contributed by atoms with Gasteiger partial charge in [-0.3, -0.25) is 0 Å². The van der Waals surface area contributed by atoms with E-state index in [0.717, 1.165) is 30.9 Å². The van der Waals surface area contributed by atoms with E-state index in [1.54, 1.807) is 6.07 Å². The fourth-order valence-corrected chi connectivity index (χ4v) is 3.29. The molecule has 0 aromatic carbocycles. The molecular formula is C17H26FN3. The second kappa shape index (κ2) is 6.73. The van der Waals surface area contributed by atoms with Gasteiger partial charge in [-0.25, -0.2) is 9.37 Å². The zero-order valence-corrected chi connectivity index (χ0v) is 12.9. The number of halogens is 1. The van der Waals surface area contributed by atoms with Crippen molar-refractivity contribution in [2.24, 2.45) is 0 Å². The molecule has 3 rings (SSSR count). The van der Waals surface area contributed by atoms with Gasteiger partial charge >= 0.3 is 0 Å². The van der Waals surface area contributed by atoms with Crippen LogP contribution in [0.2, 0.25) is 0 Å². The molecule has 0 radical (unpaired) electrons. The first-order chi connectivity index (χ1) is 10.3. The molecule has 2 fully saturated rings. The lowest BCUT2D eigenvalue weighted by Gasteiger charge is -2.32. The predicted octanol–water partition coefficient (Wildman–Crippen LogP) is 3.63. The lowest BCUT2D eigenvalue weighted by Crippen LogP contribution is -2.36. The minimum absolute atomic E-state index is 0.228. The predicted molar refractivity (Wildman–Crippen MR) is 83.9 cm³/mol. The number of aromatic nitrogens is 1. The average Bonchev–Trinajstić information content (AvgIpc) is 3.32. The van der Waals surface area contributed by atoms with Gasteiger partial charge in [0.1, 0.15) is 11.6 Å². The van der Waals surface area contributed by atoms with Crippen LogP contribution in [0.3, 0.4) is 0 Å². The fraction of sp³-hybridized carbons (Fsp3) is 0.706. The second-order valence-electron chi connectivity index (χ2n) is 6.40. The zero-order valence-electron chi connectivity index (χ0n) is 12.9. The van der Waals surface area contributed by atoms with Gasteiger partial charge in [-0.2, -0.15) is 0 Å². The molecule has 2 aliphatic rings. The Morgan fingerprint density at radius 2 is 2.14 bits per heavy atom. The second-order valence-corrected chi connectivity index (χ2v) is 6.40. The highest BCUT2D eigenvalue weighted by molar-refractivity contribution is 5.48. The molecule has 116 valence electrons. The largest absolute Gasteiger partial charge is 0.353 e. The summed E-state index contributed by atoms with van der Waals surface area (Å²) in [5.41, 5.74) is 1.02. The van der Waals surface area contributed by atoms with Crippen LogP contribution in [-0.4, -0.2) is 23.6 Å². The Labute approximate surface area is 126 Å². The third-order valence-corrected chi connectivity index (χ3v) is 4.69. The molecule has 0 bridgehead atoms. The van der Waals surface area contributed by atoms with Crippen LogP contribution in [0.5, 0.6) is 0 Å². The number of nitrogens with one attached hydrogen (secondary N) is 1. The van der Waals surface area contributed by atoms with Gasteiger partial charge < -0.3 is 10.2 Å². The Hall–Kier alpha value is -1.16. The van der Waals surface area contributed by atoms with Crippen molar-refractivity contribution >= 4 is 5.82 Å². The van der Waals surface area contributed by atoms with Crippen LogP contribution in [-0.2, 0) is 6.54 Å². The van der Waals surface area contributed by atoms with E-state index in [9.17, 15) is 4.39 Å². The zero-order chi connectivity index (χ0) is 14.7. The van der Waals surface area contributed by atoms with Crippen molar-refractivity contribution in [1.82, 2.24) is 10.3 Å². The molecule has 1 aromatic heterocycles. The summed E-state index contributed by atoms with van der Waals surface area (Å²) in [5, 5.41) is 3.49. The molecule has 1 atom stereocenters. The van der Waals surface area contributed by atoms with Crippen molar-refractivity contribution in [2.45, 2.75) is 70.5 Å². The van der Waals surface area contributed by atoms with Gasteiger partial charge in [0, 0.05) is 30.7 Å². The number of anilines is 1. The summed E-state index contributed by atoms with van der Waals surface area (Å²) >= 11 is 0. The summed E-state index contributed by atoms with van der Waals surface area (Å²) in [6.07, 6.45) is 10.0. The first-order valence-corrected chi connectivity index (χ1v) is 8.42. The smallest absolute Gasteiger partial charge is 0.141 e. The summed E-state index contributed by atoms with van der Waals surface area (Å²) in [6.45, 7) is 4.03. The molecule has 0 spiro atoms. The van der Waals surface area contributed by atoms with Crippen LogP contribution in [0, 0.1) is 5.82 Å². The molecule has 4 heteroatoms. The Bertz CT molecular complexity index is 473. The van der Waals surface area contributed by atoms with Crippen LogP contribution < -0.4 is 10.2 Å². The van der Waals surface area contributed by atoms with Gasteiger partial charge in [-0.05, 0) is 38.2 Å². The molecule has 1 saturated carbocycles. The quantitative estimate of drug-likeness (QED) is 0.898. The molecule has 1 aromatic rings. The number of hydrogen-bond acceptors (Lipinski definition) is 3. The number of pyridine rings is 1. The van der Waals surface area contributed by atoms with Gasteiger partial charge in [0.2, 0.25) is 0 Å². The van der Waals surface area contributed by atoms with Crippen LogP contribution >= 0.6 is 0 Å². The Morgan fingerprint density at radius 3 is 2.90 bits per heavy atom. The summed E-state index contributed by atoms with van der Waals surface area (Å²) in [4.78, 5) is 6.88. The van der Waals surface area contributed by atoms with E-state index in [1.165, 1.54) is 44.7 Å². The summed E-state index contributed by atoms with van der Waals surface area (Å²) in [5.74, 6) is 0.771. The highest BCUT2D eigenvalue weighted by atomic mass is 19.1. The Balaban J connectivity index is 1.83. The molecule has 1 N–H and O–H groups in total. The molecular weight excluding hydrogens is 265 g/mol. The molecule has 1 aliphatic carbocycles. The van der Waals surface area contributed by atoms with E-state index in [0.29, 0.717) is 12.1 Å². The number of nitrogens with zero attached hydrogens (tertiary/aromatic N) is 2. The van der Waals surface area contributed by atoms with Gasteiger partial charge in [0.25, 0.3) is 0 Å². The third-order valence-electron chi connectivity index (χ3n) is 4.69. The summed E-state index contributed by atoms with van der Waals surface area (Å²) < 4.78 is 13.6. The van der Waals surface area contributed by atoms with Crippen molar-refractivity contribution in [3.8, 4) is 0 Å². The van der Waals surface area contributed by atoms with E-state index in [-0.39, 0.29) is 5.82 Å². The van der Waals surface area contributed by atoms with Crippen molar-refractivity contribution in [2.75, 3.05) is 11.4 Å². The van der Waals surface area contributed by atoms with Gasteiger partial charge in [0.05, 0.1) is 6.20 Å². The van der Waals surface area contributed by atoms with Crippen molar-refractivity contribution in [1.29, 1.82) is 0 Å². The normalized spacial score (nSPS) is 23.1. The lowest BCUT2D eigenvalue weighted by molar-refractivity contribution is 0.545. The topological polar surface area (TPSA) is 28.2 Å². The maximum absolute atomic E-state index is 13.6. The monoisotopic (exact) mass is 291 g/mol. The first-order valence-electron chi connectivity index (χ1n) is 8.42. The Morgan fingerprint density at radius 1 is 1.29 bits per heavy atom. The van der Waals surface area contributed by atoms with Gasteiger partial charge in [0.15, 0.2) is 0 Å². The van der Waals surface area contributed by atoms with Gasteiger partial charge in [-0.1, -0.05) is 19.8 Å². The minimum Gasteiger partial charge on any atom is -0.353 e. The molecule has 21 heavy (non-hydrogen) atoms. The van der Waals surface area contributed by atoms with E-state index < -0.39 is 0 Å². The van der Waals surface area contributed by atoms with Crippen molar-refractivity contribution in [3.05, 3.63) is 23.6 Å². The maximum atomic E-state index is 13.6. The van der Waals surface area contributed by atoms with E-state index in [1.807, 2.05) is 0 Å². The van der Waals surface area contributed by atoms with Crippen LogP contribution in [0.1, 0.15) is 57.4 Å². The highest BCUT2D eigenvalue weighted by Gasteiger charge is 2.25. The van der Waals surface area contributed by atoms with Gasteiger partial charge in [-0.15, -0.1) is 0 Å². The average molecular weight is 291 g/mol. The molecule has 1 unspecified atom stereocenters. The maximum Gasteiger partial charge on any atom is 0.141 e. The molecule has 1 saturated heterocycles. The number of rotatable bonds is 5. The van der Waals surface area contributed by atoms with Crippen LogP contribution in [0.25, 0.3) is 0 Å². The van der Waals surface area contributed by atoms with Crippen LogP contribution in [0.15, 0.2) is 12.3 Å². The first kappa shape index (κ1) is 14.8. The third kappa shape index (κ3) is 3.73. The molecule has 0 amide bonds. The summed E-state index contributed by atoms with van der Waals surface area (Å²) in [6, 6.07) is 2.84. The molecule has 3 nitrogen and oxygen atoms in total. The highest BCUT2D eigenvalue weighted by Crippen LogP contribution is 2.28. The van der Waals surface area contributed by atoms with E-state index in [4.69, 9.17) is 0 Å². The van der Waals surface area contributed by atoms with Crippen LogP contribution in [0.4, 0.5) is 10.2 Å². The molecule has 1 aliphatic heterocycles. The number of hydrogen-bond donors (Lipinski definition) is 1. The Kier molecular flexibility index (Phi) is 4.73. The summed E-state index contributed by atoms with van der Waals surface area (Å²) in [7, 11) is 0. The molecule has 2 heterocycles. The van der Waals surface area contributed by atoms with E-state index in [2.05, 4.69) is 22.1 Å². The fourth-order valence-electron chi connectivity index (χ4n) is 3.29. The lowest BCUT2D eigenvalue weighted by atomic mass is 10.1.